The molecule has 0 atom stereocenters. The Hall–Kier alpha value is -5.48. The monoisotopic (exact) mass is 683 g/mol. The van der Waals surface area contributed by atoms with Gasteiger partial charge in [0.05, 0.1) is 22.3 Å². The normalized spacial score (nSPS) is 12.4. The summed E-state index contributed by atoms with van der Waals surface area (Å²) in [5, 5.41) is 11.1. The average Bonchev–Trinajstić information content (AvgIpc) is 3.50. The number of hydrogen-bond acceptors (Lipinski definition) is 3. The number of nitrogens with zero attached hydrogens (tertiary/aromatic N) is 3. The number of pyridine rings is 1. The summed E-state index contributed by atoms with van der Waals surface area (Å²) in [6.07, 6.45) is 1.93. The van der Waals surface area contributed by atoms with E-state index in [1.165, 1.54) is 22.3 Å². The number of phenolic OH excluding ortho intramolecular Hbond substituents is 1. The summed E-state index contributed by atoms with van der Waals surface area (Å²) in [6.45, 7) is 20.4. The number of benzene rings is 5. The first-order chi connectivity index (χ1) is 24.6. The molecule has 0 saturated heterocycles. The number of hydrogen-bond donors (Lipinski definition) is 1. The van der Waals surface area contributed by atoms with Gasteiger partial charge < -0.3 is 5.11 Å². The maximum Gasteiger partial charge on any atom is 0.149 e. The van der Waals surface area contributed by atoms with E-state index in [1.807, 2.05) is 42.6 Å². The minimum absolute atomic E-state index is 0.0178. The number of imidazole rings is 1. The van der Waals surface area contributed by atoms with E-state index in [0.717, 1.165) is 44.7 Å². The Kier molecular flexibility index (Phi) is 8.69. The maximum atomic E-state index is 11.1. The number of para-hydroxylation sites is 3. The van der Waals surface area contributed by atoms with E-state index in [9.17, 15) is 5.11 Å². The van der Waals surface area contributed by atoms with Gasteiger partial charge in [-0.05, 0) is 110 Å². The van der Waals surface area contributed by atoms with E-state index in [-0.39, 0.29) is 22.0 Å². The van der Waals surface area contributed by atoms with Gasteiger partial charge in [-0.3, -0.25) is 9.55 Å². The molecule has 0 amide bonds. The number of aromatic hydroxyl groups is 1. The van der Waals surface area contributed by atoms with E-state index in [0.29, 0.717) is 11.4 Å². The number of phenols is 1. The summed E-state index contributed by atoms with van der Waals surface area (Å²) in [7, 11) is 0. The summed E-state index contributed by atoms with van der Waals surface area (Å²) in [5.41, 5.74) is 13.7. The molecular weight excluding hydrogens is 635 g/mol. The zero-order valence-corrected chi connectivity index (χ0v) is 31.9. The van der Waals surface area contributed by atoms with Crippen LogP contribution >= 0.6 is 0 Å². The van der Waals surface area contributed by atoms with Crippen LogP contribution in [0, 0.1) is 0 Å². The first-order valence-electron chi connectivity index (χ1n) is 18.2. The van der Waals surface area contributed by atoms with Gasteiger partial charge in [0.15, 0.2) is 0 Å². The van der Waals surface area contributed by atoms with Crippen molar-refractivity contribution in [3.05, 3.63) is 144 Å². The molecule has 1 N–H and O–H groups in total. The van der Waals surface area contributed by atoms with Crippen LogP contribution in [0.4, 0.5) is 0 Å². The van der Waals surface area contributed by atoms with Crippen LogP contribution in [0.25, 0.3) is 61.6 Å². The highest BCUT2D eigenvalue weighted by Gasteiger charge is 2.24. The van der Waals surface area contributed by atoms with Gasteiger partial charge in [-0.15, -0.1) is 0 Å². The van der Waals surface area contributed by atoms with Crippen LogP contribution in [0.5, 0.6) is 5.75 Å². The second-order valence-electron chi connectivity index (χ2n) is 17.1. The summed E-state index contributed by atoms with van der Waals surface area (Å²) >= 11 is 0. The van der Waals surface area contributed by atoms with E-state index >= 15 is 0 Å². The number of fused-ring (bicyclic) bond motifs is 1. The molecule has 5 aromatic carbocycles. The fourth-order valence-corrected chi connectivity index (χ4v) is 6.83. The molecule has 52 heavy (non-hydrogen) atoms. The predicted molar refractivity (Wildman–Crippen MR) is 218 cm³/mol. The van der Waals surface area contributed by atoms with Gasteiger partial charge in [0.2, 0.25) is 0 Å². The molecule has 4 heteroatoms. The third-order valence-corrected chi connectivity index (χ3v) is 10.0. The predicted octanol–water partition coefficient (Wildman–Crippen LogP) is 12.7. The van der Waals surface area contributed by atoms with Crippen molar-refractivity contribution in [1.82, 2.24) is 14.5 Å². The third-order valence-electron chi connectivity index (χ3n) is 10.0. The Bertz CT molecular complexity index is 2380. The van der Waals surface area contributed by atoms with Gasteiger partial charge in [0, 0.05) is 23.0 Å². The Balaban J connectivity index is 1.54. The zero-order chi connectivity index (χ0) is 37.0. The Morgan fingerprint density at radius 3 is 1.73 bits per heavy atom. The SMILES string of the molecule is CC(C)(C)c1cc(-c2cc(-c3cc(C(C)(C)C)ccn3)cc(-c3cccc4c3nc(-c3ccccc3O)n4-c3ccccc3)c2)cc(C(C)(C)C)c1. The lowest BCUT2D eigenvalue weighted by atomic mass is 9.78. The molecule has 2 heterocycles. The van der Waals surface area contributed by atoms with Crippen molar-refractivity contribution in [2.45, 2.75) is 78.6 Å². The van der Waals surface area contributed by atoms with Crippen molar-refractivity contribution in [2.75, 3.05) is 0 Å². The van der Waals surface area contributed by atoms with E-state index in [2.05, 4.69) is 146 Å². The molecule has 0 spiro atoms. The highest BCUT2D eigenvalue weighted by atomic mass is 16.3. The fraction of sp³-hybridized carbons (Fsp3) is 0.250. The molecule has 4 nitrogen and oxygen atoms in total. The summed E-state index contributed by atoms with van der Waals surface area (Å²) in [6, 6.07) is 42.4. The molecule has 0 aliphatic rings. The van der Waals surface area contributed by atoms with E-state index in [4.69, 9.17) is 9.97 Å². The van der Waals surface area contributed by atoms with Gasteiger partial charge in [0.25, 0.3) is 0 Å². The largest absolute Gasteiger partial charge is 0.507 e. The van der Waals surface area contributed by atoms with Crippen LogP contribution in [-0.2, 0) is 16.2 Å². The minimum atomic E-state index is -0.0195. The van der Waals surface area contributed by atoms with E-state index in [1.54, 1.807) is 6.07 Å². The van der Waals surface area contributed by atoms with Crippen molar-refractivity contribution in [2.24, 2.45) is 0 Å². The summed E-state index contributed by atoms with van der Waals surface area (Å²) < 4.78 is 2.15. The number of aromatic nitrogens is 3. The van der Waals surface area contributed by atoms with Crippen LogP contribution in [0.1, 0.15) is 79.0 Å². The van der Waals surface area contributed by atoms with Crippen molar-refractivity contribution >= 4 is 11.0 Å². The summed E-state index contributed by atoms with van der Waals surface area (Å²) in [5.74, 6) is 0.884. The lowest BCUT2D eigenvalue weighted by Crippen LogP contribution is -2.16. The molecule has 0 bridgehead atoms. The fourth-order valence-electron chi connectivity index (χ4n) is 6.83. The molecule has 0 saturated carbocycles. The molecule has 0 fully saturated rings. The average molecular weight is 684 g/mol. The van der Waals surface area contributed by atoms with E-state index < -0.39 is 0 Å². The first kappa shape index (κ1) is 34.9. The van der Waals surface area contributed by atoms with Crippen LogP contribution < -0.4 is 0 Å². The summed E-state index contributed by atoms with van der Waals surface area (Å²) in [4.78, 5) is 10.3. The molecule has 0 unspecified atom stereocenters. The van der Waals surface area contributed by atoms with Crippen molar-refractivity contribution in [3.8, 4) is 56.3 Å². The smallest absolute Gasteiger partial charge is 0.149 e. The topological polar surface area (TPSA) is 50.9 Å². The van der Waals surface area contributed by atoms with Crippen LogP contribution in [0.2, 0.25) is 0 Å². The molecule has 2 aromatic heterocycles. The Labute approximate surface area is 308 Å². The molecule has 0 aliphatic carbocycles. The van der Waals surface area contributed by atoms with Gasteiger partial charge in [-0.2, -0.15) is 0 Å². The van der Waals surface area contributed by atoms with Crippen molar-refractivity contribution < 1.29 is 5.11 Å². The van der Waals surface area contributed by atoms with Gasteiger partial charge in [-0.1, -0.05) is 123 Å². The van der Waals surface area contributed by atoms with Crippen molar-refractivity contribution in [3.63, 3.8) is 0 Å². The molecular formula is C48H49N3O. The van der Waals surface area contributed by atoms with Crippen LogP contribution in [-0.4, -0.2) is 19.6 Å². The minimum Gasteiger partial charge on any atom is -0.507 e. The van der Waals surface area contributed by atoms with Crippen LogP contribution in [0.15, 0.2) is 128 Å². The van der Waals surface area contributed by atoms with Gasteiger partial charge in [0.1, 0.15) is 11.6 Å². The second kappa shape index (κ2) is 12.9. The second-order valence-corrected chi connectivity index (χ2v) is 17.1. The molecule has 0 radical (unpaired) electrons. The highest BCUT2D eigenvalue weighted by Crippen LogP contribution is 2.41. The molecule has 7 aromatic rings. The standard InChI is InChI=1S/C48H49N3O/c1-46(2,3)35-22-23-49-41(30-35)34-25-31(32-27-36(47(4,5)6)29-37(28-32)48(7,8)9)24-33(26-34)39-19-15-20-42-44(39)50-45(40-18-13-14-21-43(40)52)51(42)38-16-11-10-12-17-38/h10-30,52H,1-9H3. The molecule has 0 aliphatic heterocycles. The lowest BCUT2D eigenvalue weighted by Gasteiger charge is -2.26. The highest BCUT2D eigenvalue weighted by molar-refractivity contribution is 5.97. The number of rotatable bonds is 5. The Morgan fingerprint density at radius 2 is 1.08 bits per heavy atom. The van der Waals surface area contributed by atoms with Crippen LogP contribution in [0.3, 0.4) is 0 Å². The third kappa shape index (κ3) is 6.78. The van der Waals surface area contributed by atoms with Crippen molar-refractivity contribution in [1.29, 1.82) is 0 Å². The molecule has 7 rings (SSSR count). The quantitative estimate of drug-likeness (QED) is 0.196. The Morgan fingerprint density at radius 1 is 0.500 bits per heavy atom. The maximum absolute atomic E-state index is 11.1. The molecule has 262 valence electrons. The van der Waals surface area contributed by atoms with Gasteiger partial charge >= 0.3 is 0 Å². The first-order valence-corrected chi connectivity index (χ1v) is 18.2. The lowest BCUT2D eigenvalue weighted by molar-refractivity contribution is 0.477. The zero-order valence-electron chi connectivity index (χ0n) is 31.9. The van der Waals surface area contributed by atoms with Gasteiger partial charge in [-0.25, -0.2) is 4.98 Å².